The Bertz CT molecular complexity index is 778. The summed E-state index contributed by atoms with van der Waals surface area (Å²) in [5.41, 5.74) is 2.06. The standard InChI is InChI=1S/C20H22ClNO4/c1-14-2-5-16(13-17(14)21)24-9-8-22-20(23)7-4-15-3-6-18-19(12-15)26-11-10-25-18/h2-3,5-6,12-13H,4,7-11H2,1H3,(H,22,23). The maximum Gasteiger partial charge on any atom is 0.220 e. The second kappa shape index (κ2) is 8.81. The van der Waals surface area contributed by atoms with E-state index in [0.717, 1.165) is 22.6 Å². The summed E-state index contributed by atoms with van der Waals surface area (Å²) < 4.78 is 16.6. The minimum atomic E-state index is -0.00886. The molecule has 6 heteroatoms. The number of carbonyl (C=O) groups excluding carboxylic acids is 1. The third-order valence-electron chi connectivity index (χ3n) is 4.08. The molecule has 1 amide bonds. The number of halogens is 1. The molecule has 0 atom stereocenters. The van der Waals surface area contributed by atoms with Crippen LogP contribution in [0.3, 0.4) is 0 Å². The van der Waals surface area contributed by atoms with Crippen molar-refractivity contribution in [3.05, 3.63) is 52.5 Å². The molecule has 26 heavy (non-hydrogen) atoms. The lowest BCUT2D eigenvalue weighted by Gasteiger charge is -2.18. The van der Waals surface area contributed by atoms with Crippen molar-refractivity contribution in [1.29, 1.82) is 0 Å². The first-order valence-electron chi connectivity index (χ1n) is 8.66. The molecule has 2 aromatic carbocycles. The summed E-state index contributed by atoms with van der Waals surface area (Å²) in [5, 5.41) is 3.53. The van der Waals surface area contributed by atoms with Gasteiger partial charge in [0.1, 0.15) is 25.6 Å². The second-order valence-corrected chi connectivity index (χ2v) is 6.49. The summed E-state index contributed by atoms with van der Waals surface area (Å²) in [6.45, 7) is 3.92. The van der Waals surface area contributed by atoms with E-state index >= 15 is 0 Å². The number of ether oxygens (including phenoxy) is 3. The SMILES string of the molecule is Cc1ccc(OCCNC(=O)CCc2ccc3c(c2)OCCO3)cc1Cl. The van der Waals surface area contributed by atoms with Crippen LogP contribution in [0.5, 0.6) is 17.2 Å². The Morgan fingerprint density at radius 2 is 1.96 bits per heavy atom. The summed E-state index contributed by atoms with van der Waals surface area (Å²) in [6, 6.07) is 11.3. The number of rotatable bonds is 7. The largest absolute Gasteiger partial charge is 0.492 e. The van der Waals surface area contributed by atoms with Crippen LogP contribution in [0.1, 0.15) is 17.5 Å². The molecule has 0 radical (unpaired) electrons. The predicted octanol–water partition coefficient (Wildman–Crippen LogP) is 3.55. The van der Waals surface area contributed by atoms with Crippen LogP contribution in [0, 0.1) is 6.92 Å². The van der Waals surface area contributed by atoms with Gasteiger partial charge in [-0.3, -0.25) is 4.79 Å². The van der Waals surface area contributed by atoms with E-state index in [1.54, 1.807) is 6.07 Å². The van der Waals surface area contributed by atoms with Crippen molar-refractivity contribution in [3.63, 3.8) is 0 Å². The van der Waals surface area contributed by atoms with Gasteiger partial charge in [0.05, 0.1) is 6.54 Å². The van der Waals surface area contributed by atoms with Crippen molar-refractivity contribution in [1.82, 2.24) is 5.32 Å². The van der Waals surface area contributed by atoms with Crippen LogP contribution < -0.4 is 19.5 Å². The number of aryl methyl sites for hydroxylation is 2. The Labute approximate surface area is 158 Å². The van der Waals surface area contributed by atoms with Crippen LogP contribution in [0.15, 0.2) is 36.4 Å². The third-order valence-corrected chi connectivity index (χ3v) is 4.49. The van der Waals surface area contributed by atoms with E-state index in [-0.39, 0.29) is 5.91 Å². The van der Waals surface area contributed by atoms with Crippen LogP contribution in [0.25, 0.3) is 0 Å². The summed E-state index contributed by atoms with van der Waals surface area (Å²) in [7, 11) is 0. The van der Waals surface area contributed by atoms with E-state index in [2.05, 4.69) is 5.32 Å². The van der Waals surface area contributed by atoms with Gasteiger partial charge in [0.2, 0.25) is 5.91 Å². The van der Waals surface area contributed by atoms with Crippen LogP contribution >= 0.6 is 11.6 Å². The number of nitrogens with one attached hydrogen (secondary N) is 1. The van der Waals surface area contributed by atoms with E-state index in [9.17, 15) is 4.79 Å². The molecular weight excluding hydrogens is 354 g/mol. The van der Waals surface area contributed by atoms with Crippen molar-refractivity contribution in [2.45, 2.75) is 19.8 Å². The molecule has 0 spiro atoms. The fourth-order valence-electron chi connectivity index (χ4n) is 2.61. The van der Waals surface area contributed by atoms with Crippen LogP contribution in [0.4, 0.5) is 0 Å². The number of amides is 1. The van der Waals surface area contributed by atoms with Crippen molar-refractivity contribution in [3.8, 4) is 17.2 Å². The van der Waals surface area contributed by atoms with Crippen LogP contribution in [0.2, 0.25) is 5.02 Å². The summed E-state index contributed by atoms with van der Waals surface area (Å²) >= 11 is 6.05. The van der Waals surface area contributed by atoms with Gasteiger partial charge in [-0.1, -0.05) is 23.7 Å². The number of fused-ring (bicyclic) bond motifs is 1. The first-order valence-corrected chi connectivity index (χ1v) is 9.04. The lowest BCUT2D eigenvalue weighted by atomic mass is 10.1. The Morgan fingerprint density at radius 3 is 2.77 bits per heavy atom. The molecule has 0 aliphatic carbocycles. The quantitative estimate of drug-likeness (QED) is 0.752. The van der Waals surface area contributed by atoms with Gasteiger partial charge in [0.15, 0.2) is 11.5 Å². The molecule has 0 fully saturated rings. The van der Waals surface area contributed by atoms with Gasteiger partial charge in [-0.15, -0.1) is 0 Å². The van der Waals surface area contributed by atoms with Gasteiger partial charge >= 0.3 is 0 Å². The molecule has 1 aliphatic heterocycles. The van der Waals surface area contributed by atoms with E-state index in [1.165, 1.54) is 0 Å². The van der Waals surface area contributed by atoms with E-state index < -0.39 is 0 Å². The van der Waals surface area contributed by atoms with E-state index in [4.69, 9.17) is 25.8 Å². The van der Waals surface area contributed by atoms with Gasteiger partial charge in [-0.25, -0.2) is 0 Å². The lowest BCUT2D eigenvalue weighted by Crippen LogP contribution is -2.28. The zero-order valence-corrected chi connectivity index (χ0v) is 15.5. The normalized spacial score (nSPS) is 12.5. The summed E-state index contributed by atoms with van der Waals surface area (Å²) in [5.74, 6) is 2.20. The molecule has 0 bridgehead atoms. The number of benzene rings is 2. The smallest absolute Gasteiger partial charge is 0.220 e. The molecule has 0 unspecified atom stereocenters. The van der Waals surface area contributed by atoms with Crippen LogP contribution in [-0.2, 0) is 11.2 Å². The van der Waals surface area contributed by atoms with Crippen molar-refractivity contribution in [2.24, 2.45) is 0 Å². The Balaban J connectivity index is 1.37. The first kappa shape index (κ1) is 18.4. The van der Waals surface area contributed by atoms with Gasteiger partial charge in [0.25, 0.3) is 0 Å². The zero-order chi connectivity index (χ0) is 18.4. The molecule has 0 saturated heterocycles. The second-order valence-electron chi connectivity index (χ2n) is 6.09. The fraction of sp³-hybridized carbons (Fsp3) is 0.350. The highest BCUT2D eigenvalue weighted by Crippen LogP contribution is 2.31. The fourth-order valence-corrected chi connectivity index (χ4v) is 2.78. The molecule has 5 nitrogen and oxygen atoms in total. The highest BCUT2D eigenvalue weighted by molar-refractivity contribution is 6.31. The maximum absolute atomic E-state index is 12.0. The summed E-state index contributed by atoms with van der Waals surface area (Å²) in [4.78, 5) is 12.0. The average Bonchev–Trinajstić information content (AvgIpc) is 2.66. The van der Waals surface area contributed by atoms with Gasteiger partial charge in [-0.05, 0) is 48.7 Å². The van der Waals surface area contributed by atoms with Gasteiger partial charge < -0.3 is 19.5 Å². The highest BCUT2D eigenvalue weighted by atomic mass is 35.5. The molecule has 2 aromatic rings. The Kier molecular flexibility index (Phi) is 6.23. The average molecular weight is 376 g/mol. The maximum atomic E-state index is 12.0. The molecule has 0 aromatic heterocycles. The summed E-state index contributed by atoms with van der Waals surface area (Å²) in [6.07, 6.45) is 1.06. The molecule has 138 valence electrons. The minimum absolute atomic E-state index is 0.00886. The number of carbonyl (C=O) groups is 1. The van der Waals surface area contributed by atoms with Gasteiger partial charge in [-0.2, -0.15) is 0 Å². The Morgan fingerprint density at radius 1 is 1.15 bits per heavy atom. The van der Waals surface area contributed by atoms with Crippen molar-refractivity contribution < 1.29 is 19.0 Å². The van der Waals surface area contributed by atoms with Crippen molar-refractivity contribution in [2.75, 3.05) is 26.4 Å². The number of hydrogen-bond acceptors (Lipinski definition) is 4. The zero-order valence-electron chi connectivity index (χ0n) is 14.7. The monoisotopic (exact) mass is 375 g/mol. The molecule has 1 aliphatic rings. The molecule has 1 heterocycles. The number of hydrogen-bond donors (Lipinski definition) is 1. The van der Waals surface area contributed by atoms with Crippen LogP contribution in [-0.4, -0.2) is 32.3 Å². The molecule has 1 N–H and O–H groups in total. The molecule has 3 rings (SSSR count). The van der Waals surface area contributed by atoms with E-state index in [1.807, 2.05) is 37.3 Å². The topological polar surface area (TPSA) is 56.8 Å². The highest BCUT2D eigenvalue weighted by Gasteiger charge is 2.12. The molecular formula is C20H22ClNO4. The van der Waals surface area contributed by atoms with Gasteiger partial charge in [0, 0.05) is 11.4 Å². The lowest BCUT2D eigenvalue weighted by molar-refractivity contribution is -0.121. The first-order chi connectivity index (χ1) is 12.6. The van der Waals surface area contributed by atoms with E-state index in [0.29, 0.717) is 50.0 Å². The van der Waals surface area contributed by atoms with Crippen molar-refractivity contribution >= 4 is 17.5 Å². The minimum Gasteiger partial charge on any atom is -0.492 e. The third kappa shape index (κ3) is 5.05. The Hall–Kier alpha value is -2.40. The molecule has 0 saturated carbocycles. The predicted molar refractivity (Wildman–Crippen MR) is 100 cm³/mol.